The molecule has 0 radical (unpaired) electrons. The quantitative estimate of drug-likeness (QED) is 0.794. The van der Waals surface area contributed by atoms with Crippen LogP contribution in [0.3, 0.4) is 0 Å². The van der Waals surface area contributed by atoms with E-state index >= 15 is 0 Å². The number of methoxy groups -OCH3 is 1. The van der Waals surface area contributed by atoms with Crippen LogP contribution in [0.5, 0.6) is 5.75 Å². The average Bonchev–Trinajstić information content (AvgIpc) is 2.99. The molecule has 0 spiro atoms. The number of hydrogen-bond acceptors (Lipinski definition) is 5. The molecule has 0 aliphatic heterocycles. The van der Waals surface area contributed by atoms with Gasteiger partial charge >= 0.3 is 0 Å². The zero-order valence-electron chi connectivity index (χ0n) is 11.2. The normalized spacial score (nSPS) is 10.2. The molecule has 1 heterocycles. The van der Waals surface area contributed by atoms with E-state index in [1.807, 2.05) is 11.4 Å². The SMILES string of the molecule is COCCNC(=O)c1cccc(OCc2cscn2)c1. The molecule has 0 aliphatic rings. The molecule has 2 rings (SSSR count). The van der Waals surface area contributed by atoms with E-state index in [0.717, 1.165) is 5.69 Å². The third-order valence-electron chi connectivity index (χ3n) is 2.56. The maximum absolute atomic E-state index is 11.9. The van der Waals surface area contributed by atoms with Crippen LogP contribution in [0, 0.1) is 0 Å². The monoisotopic (exact) mass is 292 g/mol. The molecule has 1 N–H and O–H groups in total. The standard InChI is InChI=1S/C14H16N2O3S/c1-18-6-5-15-14(17)11-3-2-4-13(7-11)19-8-12-9-20-10-16-12/h2-4,7,9-10H,5-6,8H2,1H3,(H,15,17). The molecule has 0 unspecified atom stereocenters. The first-order chi connectivity index (χ1) is 9.79. The Labute approximate surface area is 121 Å². The molecule has 1 aromatic heterocycles. The Kier molecular flexibility index (Phi) is 5.52. The minimum absolute atomic E-state index is 0.138. The summed E-state index contributed by atoms with van der Waals surface area (Å²) in [5, 5.41) is 4.70. The summed E-state index contributed by atoms with van der Waals surface area (Å²) >= 11 is 1.53. The summed E-state index contributed by atoms with van der Waals surface area (Å²) in [4.78, 5) is 16.0. The van der Waals surface area contributed by atoms with Crippen LogP contribution in [-0.2, 0) is 11.3 Å². The second-order valence-corrected chi connectivity index (χ2v) is 4.76. The van der Waals surface area contributed by atoms with E-state index in [9.17, 15) is 4.79 Å². The average molecular weight is 292 g/mol. The van der Waals surface area contributed by atoms with E-state index in [0.29, 0.717) is 31.1 Å². The highest BCUT2D eigenvalue weighted by Crippen LogP contribution is 2.15. The van der Waals surface area contributed by atoms with Gasteiger partial charge in [0.05, 0.1) is 17.8 Å². The Morgan fingerprint density at radius 3 is 3.10 bits per heavy atom. The van der Waals surface area contributed by atoms with Gasteiger partial charge in [0.1, 0.15) is 12.4 Å². The molecular weight excluding hydrogens is 276 g/mol. The van der Waals surface area contributed by atoms with Crippen molar-refractivity contribution in [2.24, 2.45) is 0 Å². The second-order valence-electron chi connectivity index (χ2n) is 4.04. The number of hydrogen-bond donors (Lipinski definition) is 1. The van der Waals surface area contributed by atoms with Crippen LogP contribution in [0.15, 0.2) is 35.2 Å². The van der Waals surface area contributed by atoms with E-state index in [-0.39, 0.29) is 5.91 Å². The number of nitrogens with zero attached hydrogens (tertiary/aromatic N) is 1. The van der Waals surface area contributed by atoms with E-state index in [2.05, 4.69) is 10.3 Å². The topological polar surface area (TPSA) is 60.5 Å². The summed E-state index contributed by atoms with van der Waals surface area (Å²) in [7, 11) is 1.60. The van der Waals surface area contributed by atoms with Crippen LogP contribution in [0.2, 0.25) is 0 Å². The molecular formula is C14H16N2O3S. The van der Waals surface area contributed by atoms with Gasteiger partial charge in [0.25, 0.3) is 5.91 Å². The largest absolute Gasteiger partial charge is 0.487 e. The molecule has 0 fully saturated rings. The number of carbonyl (C=O) groups excluding carboxylic acids is 1. The van der Waals surface area contributed by atoms with Gasteiger partial charge in [-0.05, 0) is 18.2 Å². The van der Waals surface area contributed by atoms with E-state index in [4.69, 9.17) is 9.47 Å². The lowest BCUT2D eigenvalue weighted by molar-refractivity contribution is 0.0936. The van der Waals surface area contributed by atoms with Crippen molar-refractivity contribution >= 4 is 17.2 Å². The molecule has 0 saturated carbocycles. The Morgan fingerprint density at radius 1 is 1.45 bits per heavy atom. The fraction of sp³-hybridized carbons (Fsp3) is 0.286. The zero-order valence-corrected chi connectivity index (χ0v) is 12.0. The molecule has 0 atom stereocenters. The van der Waals surface area contributed by atoms with Crippen molar-refractivity contribution in [3.63, 3.8) is 0 Å². The first kappa shape index (κ1) is 14.5. The highest BCUT2D eigenvalue weighted by Gasteiger charge is 2.06. The first-order valence-corrected chi connectivity index (χ1v) is 7.11. The lowest BCUT2D eigenvalue weighted by Crippen LogP contribution is -2.26. The predicted octanol–water partition coefficient (Wildman–Crippen LogP) is 2.10. The van der Waals surface area contributed by atoms with Crippen LogP contribution in [0.1, 0.15) is 16.1 Å². The highest BCUT2D eigenvalue weighted by atomic mass is 32.1. The van der Waals surface area contributed by atoms with E-state index in [1.54, 1.807) is 30.8 Å². The summed E-state index contributed by atoms with van der Waals surface area (Å²) < 4.78 is 10.5. The van der Waals surface area contributed by atoms with Gasteiger partial charge in [-0.1, -0.05) is 6.07 Å². The molecule has 0 aliphatic carbocycles. The number of aromatic nitrogens is 1. The van der Waals surface area contributed by atoms with Crippen molar-refractivity contribution in [1.29, 1.82) is 0 Å². The number of amides is 1. The molecule has 5 nitrogen and oxygen atoms in total. The van der Waals surface area contributed by atoms with Gasteiger partial charge in [-0.25, -0.2) is 4.98 Å². The highest BCUT2D eigenvalue weighted by molar-refractivity contribution is 7.07. The molecule has 6 heteroatoms. The third-order valence-corrected chi connectivity index (χ3v) is 3.19. The zero-order chi connectivity index (χ0) is 14.2. The number of nitrogens with one attached hydrogen (secondary N) is 1. The van der Waals surface area contributed by atoms with Crippen molar-refractivity contribution in [2.45, 2.75) is 6.61 Å². The van der Waals surface area contributed by atoms with Gasteiger partial charge < -0.3 is 14.8 Å². The van der Waals surface area contributed by atoms with Crippen molar-refractivity contribution in [3.05, 3.63) is 46.4 Å². The van der Waals surface area contributed by atoms with Gasteiger partial charge in [-0.15, -0.1) is 11.3 Å². The molecule has 20 heavy (non-hydrogen) atoms. The molecule has 0 saturated heterocycles. The van der Waals surface area contributed by atoms with Gasteiger partial charge in [0.2, 0.25) is 0 Å². The minimum Gasteiger partial charge on any atom is -0.487 e. The maximum Gasteiger partial charge on any atom is 0.251 e. The second kappa shape index (κ2) is 7.62. The van der Waals surface area contributed by atoms with Crippen molar-refractivity contribution in [2.75, 3.05) is 20.3 Å². The number of carbonyl (C=O) groups is 1. The van der Waals surface area contributed by atoms with Crippen LogP contribution in [-0.4, -0.2) is 31.2 Å². The lowest BCUT2D eigenvalue weighted by Gasteiger charge is -2.07. The van der Waals surface area contributed by atoms with Crippen molar-refractivity contribution in [1.82, 2.24) is 10.3 Å². The Bertz CT molecular complexity index is 543. The summed E-state index contributed by atoms with van der Waals surface area (Å²) in [6.45, 7) is 1.38. The van der Waals surface area contributed by atoms with E-state index < -0.39 is 0 Å². The Hall–Kier alpha value is -1.92. The smallest absolute Gasteiger partial charge is 0.251 e. The number of benzene rings is 1. The fourth-order valence-corrected chi connectivity index (χ4v) is 2.10. The summed E-state index contributed by atoms with van der Waals surface area (Å²) in [5.41, 5.74) is 3.21. The molecule has 106 valence electrons. The Balaban J connectivity index is 1.91. The van der Waals surface area contributed by atoms with Gasteiger partial charge in [-0.3, -0.25) is 4.79 Å². The summed E-state index contributed by atoms with van der Waals surface area (Å²) in [6, 6.07) is 7.08. The summed E-state index contributed by atoms with van der Waals surface area (Å²) in [6.07, 6.45) is 0. The van der Waals surface area contributed by atoms with Crippen molar-refractivity contribution in [3.8, 4) is 5.75 Å². The Morgan fingerprint density at radius 2 is 2.35 bits per heavy atom. The molecule has 0 bridgehead atoms. The predicted molar refractivity (Wildman–Crippen MR) is 77.1 cm³/mol. The maximum atomic E-state index is 11.9. The molecule has 1 amide bonds. The first-order valence-electron chi connectivity index (χ1n) is 6.16. The van der Waals surface area contributed by atoms with Gasteiger partial charge in [0, 0.05) is 24.6 Å². The minimum atomic E-state index is -0.138. The number of ether oxygens (including phenoxy) is 2. The fourth-order valence-electron chi connectivity index (χ4n) is 1.56. The van der Waals surface area contributed by atoms with Crippen molar-refractivity contribution < 1.29 is 14.3 Å². The van der Waals surface area contributed by atoms with Crippen LogP contribution >= 0.6 is 11.3 Å². The van der Waals surface area contributed by atoms with Crippen LogP contribution in [0.4, 0.5) is 0 Å². The van der Waals surface area contributed by atoms with Gasteiger partial charge in [0.15, 0.2) is 0 Å². The summed E-state index contributed by atoms with van der Waals surface area (Å²) in [5.74, 6) is 0.513. The van der Waals surface area contributed by atoms with E-state index in [1.165, 1.54) is 11.3 Å². The van der Waals surface area contributed by atoms with Crippen LogP contribution < -0.4 is 10.1 Å². The lowest BCUT2D eigenvalue weighted by atomic mass is 10.2. The molecule has 2 aromatic rings. The van der Waals surface area contributed by atoms with Gasteiger partial charge in [-0.2, -0.15) is 0 Å². The number of thiazole rings is 1. The molecule has 1 aromatic carbocycles. The van der Waals surface area contributed by atoms with Crippen LogP contribution in [0.25, 0.3) is 0 Å². The third kappa shape index (κ3) is 4.32. The number of rotatable bonds is 7.